The molecule has 128 valence electrons. The number of rotatable bonds is 5. The summed E-state index contributed by atoms with van der Waals surface area (Å²) in [5.41, 5.74) is 3.57. The van der Waals surface area contributed by atoms with Gasteiger partial charge in [-0.05, 0) is 59.6 Å². The van der Waals surface area contributed by atoms with Crippen LogP contribution in [0.25, 0.3) is 11.3 Å². The van der Waals surface area contributed by atoms with Crippen molar-refractivity contribution in [3.63, 3.8) is 0 Å². The van der Waals surface area contributed by atoms with Crippen molar-refractivity contribution in [2.45, 2.75) is 13.8 Å². The summed E-state index contributed by atoms with van der Waals surface area (Å²) in [7, 11) is 0. The van der Waals surface area contributed by atoms with Gasteiger partial charge in [0, 0.05) is 10.6 Å². The minimum absolute atomic E-state index is 0.181. The Hall–Kier alpha value is -2.86. The van der Waals surface area contributed by atoms with Gasteiger partial charge in [0.2, 0.25) is 5.82 Å². The molecule has 0 bridgehead atoms. The van der Waals surface area contributed by atoms with Gasteiger partial charge in [0.15, 0.2) is 12.3 Å². The van der Waals surface area contributed by atoms with E-state index in [0.29, 0.717) is 16.5 Å². The molecule has 0 saturated carbocycles. The zero-order valence-corrected chi connectivity index (χ0v) is 14.5. The van der Waals surface area contributed by atoms with E-state index in [-0.39, 0.29) is 18.3 Å². The number of halogens is 1. The van der Waals surface area contributed by atoms with Gasteiger partial charge in [0.1, 0.15) is 5.75 Å². The molecule has 1 amide bonds. The van der Waals surface area contributed by atoms with E-state index >= 15 is 0 Å². The lowest BCUT2D eigenvalue weighted by molar-refractivity contribution is -0.118. The van der Waals surface area contributed by atoms with Crippen molar-refractivity contribution >= 4 is 23.3 Å². The van der Waals surface area contributed by atoms with Crippen LogP contribution in [0.15, 0.2) is 47.1 Å². The van der Waals surface area contributed by atoms with Gasteiger partial charge in [0.25, 0.3) is 5.91 Å². The summed E-state index contributed by atoms with van der Waals surface area (Å²) in [4.78, 5) is 12.1. The number of aryl methyl sites for hydroxylation is 2. The van der Waals surface area contributed by atoms with E-state index in [2.05, 4.69) is 15.6 Å². The summed E-state index contributed by atoms with van der Waals surface area (Å²) in [6.07, 6.45) is 0. The quantitative estimate of drug-likeness (QED) is 0.746. The SMILES string of the molecule is Cc1ccc(-c2nonc2NC(=O)COc2cccc(Cl)c2)cc1C. The first kappa shape index (κ1) is 17.0. The average molecular weight is 358 g/mol. The third-order valence-electron chi connectivity index (χ3n) is 3.69. The molecule has 0 aliphatic rings. The summed E-state index contributed by atoms with van der Waals surface area (Å²) >= 11 is 5.88. The van der Waals surface area contributed by atoms with Crippen LogP contribution in [-0.4, -0.2) is 22.8 Å². The molecular formula is C18H16ClN3O3. The number of carbonyl (C=O) groups is 1. The number of hydrogen-bond acceptors (Lipinski definition) is 5. The standard InChI is InChI=1S/C18H16ClN3O3/c1-11-6-7-13(8-12(11)2)17-18(22-25-21-17)20-16(23)10-24-15-5-3-4-14(19)9-15/h3-9H,10H2,1-2H3,(H,20,22,23). The molecule has 2 aromatic carbocycles. The lowest BCUT2D eigenvalue weighted by Crippen LogP contribution is -2.20. The van der Waals surface area contributed by atoms with Crippen LogP contribution in [0.5, 0.6) is 5.75 Å². The Morgan fingerprint density at radius 3 is 2.76 bits per heavy atom. The number of carbonyl (C=O) groups excluding carboxylic acids is 1. The number of ether oxygens (including phenoxy) is 1. The molecule has 0 fully saturated rings. The molecule has 3 rings (SSSR count). The average Bonchev–Trinajstić information content (AvgIpc) is 3.04. The van der Waals surface area contributed by atoms with E-state index in [0.717, 1.165) is 11.1 Å². The van der Waals surface area contributed by atoms with Gasteiger partial charge in [-0.1, -0.05) is 29.8 Å². The summed E-state index contributed by atoms with van der Waals surface area (Å²) in [6.45, 7) is 3.85. The lowest BCUT2D eigenvalue weighted by atomic mass is 10.0. The minimum Gasteiger partial charge on any atom is -0.484 e. The maximum atomic E-state index is 12.1. The fourth-order valence-electron chi connectivity index (χ4n) is 2.22. The van der Waals surface area contributed by atoms with E-state index in [1.165, 1.54) is 5.56 Å². The van der Waals surface area contributed by atoms with Crippen LogP contribution < -0.4 is 10.1 Å². The van der Waals surface area contributed by atoms with Crippen molar-refractivity contribution in [1.29, 1.82) is 0 Å². The maximum Gasteiger partial charge on any atom is 0.263 e. The van der Waals surface area contributed by atoms with Gasteiger partial charge in [-0.3, -0.25) is 4.79 Å². The van der Waals surface area contributed by atoms with E-state index in [4.69, 9.17) is 21.0 Å². The van der Waals surface area contributed by atoms with Crippen LogP contribution in [0.3, 0.4) is 0 Å². The molecule has 1 aromatic heterocycles. The zero-order valence-electron chi connectivity index (χ0n) is 13.7. The number of nitrogens with zero attached hydrogens (tertiary/aromatic N) is 2. The number of aromatic nitrogens is 2. The van der Waals surface area contributed by atoms with Crippen LogP contribution in [0, 0.1) is 13.8 Å². The fourth-order valence-corrected chi connectivity index (χ4v) is 2.40. The molecule has 0 spiro atoms. The first-order chi connectivity index (χ1) is 12.0. The van der Waals surface area contributed by atoms with E-state index in [1.54, 1.807) is 24.3 Å². The Kier molecular flexibility index (Phi) is 5.00. The Labute approximate surface area is 149 Å². The monoisotopic (exact) mass is 357 g/mol. The number of hydrogen-bond donors (Lipinski definition) is 1. The number of amides is 1. The van der Waals surface area contributed by atoms with Crippen molar-refractivity contribution in [1.82, 2.24) is 10.3 Å². The highest BCUT2D eigenvalue weighted by atomic mass is 35.5. The van der Waals surface area contributed by atoms with Crippen LogP contribution in [0.1, 0.15) is 11.1 Å². The molecule has 25 heavy (non-hydrogen) atoms. The highest BCUT2D eigenvalue weighted by Crippen LogP contribution is 2.26. The zero-order chi connectivity index (χ0) is 17.8. The predicted octanol–water partition coefficient (Wildman–Crippen LogP) is 4.02. The van der Waals surface area contributed by atoms with Crippen LogP contribution >= 0.6 is 11.6 Å². The molecule has 0 unspecified atom stereocenters. The van der Waals surface area contributed by atoms with Crippen LogP contribution in [-0.2, 0) is 4.79 Å². The Balaban J connectivity index is 1.68. The minimum atomic E-state index is -0.374. The topological polar surface area (TPSA) is 77.3 Å². The van der Waals surface area contributed by atoms with E-state index < -0.39 is 0 Å². The van der Waals surface area contributed by atoms with Gasteiger partial charge in [-0.25, -0.2) is 4.63 Å². The van der Waals surface area contributed by atoms with Crippen molar-refractivity contribution in [3.8, 4) is 17.0 Å². The smallest absolute Gasteiger partial charge is 0.263 e. The number of nitrogens with one attached hydrogen (secondary N) is 1. The van der Waals surface area contributed by atoms with Gasteiger partial charge < -0.3 is 10.1 Å². The molecule has 1 N–H and O–H groups in total. The number of anilines is 1. The third kappa shape index (κ3) is 4.16. The molecule has 0 aliphatic carbocycles. The third-order valence-corrected chi connectivity index (χ3v) is 3.93. The van der Waals surface area contributed by atoms with Crippen molar-refractivity contribution < 1.29 is 14.2 Å². The summed E-state index contributed by atoms with van der Waals surface area (Å²) in [5, 5.41) is 10.8. The van der Waals surface area contributed by atoms with Crippen molar-refractivity contribution in [2.24, 2.45) is 0 Å². The molecule has 0 saturated heterocycles. The second-order valence-corrected chi connectivity index (χ2v) is 5.99. The highest BCUT2D eigenvalue weighted by molar-refractivity contribution is 6.30. The summed E-state index contributed by atoms with van der Waals surface area (Å²) < 4.78 is 10.2. The van der Waals surface area contributed by atoms with E-state index in [1.807, 2.05) is 32.0 Å². The number of benzene rings is 2. The van der Waals surface area contributed by atoms with Crippen molar-refractivity contribution in [3.05, 3.63) is 58.6 Å². The van der Waals surface area contributed by atoms with Crippen LogP contribution in [0.4, 0.5) is 5.82 Å². The van der Waals surface area contributed by atoms with Gasteiger partial charge in [-0.2, -0.15) is 0 Å². The molecule has 0 atom stereocenters. The Bertz CT molecular complexity index is 908. The highest BCUT2D eigenvalue weighted by Gasteiger charge is 2.16. The molecular weight excluding hydrogens is 342 g/mol. The molecule has 6 nitrogen and oxygen atoms in total. The first-order valence-electron chi connectivity index (χ1n) is 7.61. The largest absolute Gasteiger partial charge is 0.484 e. The van der Waals surface area contributed by atoms with Crippen molar-refractivity contribution in [2.75, 3.05) is 11.9 Å². The molecule has 7 heteroatoms. The molecule has 0 radical (unpaired) electrons. The van der Waals surface area contributed by atoms with Gasteiger partial charge in [0.05, 0.1) is 0 Å². The molecule has 1 heterocycles. The summed E-state index contributed by atoms with van der Waals surface area (Å²) in [5.74, 6) is 0.388. The Morgan fingerprint density at radius 1 is 1.16 bits per heavy atom. The maximum absolute atomic E-state index is 12.1. The summed E-state index contributed by atoms with van der Waals surface area (Å²) in [6, 6.07) is 12.7. The Morgan fingerprint density at radius 2 is 2.00 bits per heavy atom. The van der Waals surface area contributed by atoms with Crippen LogP contribution in [0.2, 0.25) is 5.02 Å². The fraction of sp³-hybridized carbons (Fsp3) is 0.167. The second-order valence-electron chi connectivity index (χ2n) is 5.55. The lowest BCUT2D eigenvalue weighted by Gasteiger charge is -2.07. The second kappa shape index (κ2) is 7.36. The molecule has 0 aliphatic heterocycles. The predicted molar refractivity (Wildman–Crippen MR) is 94.8 cm³/mol. The van der Waals surface area contributed by atoms with Gasteiger partial charge >= 0.3 is 0 Å². The normalized spacial score (nSPS) is 10.5. The van der Waals surface area contributed by atoms with E-state index in [9.17, 15) is 4.79 Å². The molecule has 3 aromatic rings. The van der Waals surface area contributed by atoms with Gasteiger partial charge in [-0.15, -0.1) is 0 Å². The first-order valence-corrected chi connectivity index (χ1v) is 7.99.